The summed E-state index contributed by atoms with van der Waals surface area (Å²) in [5.41, 5.74) is 3.66. The Morgan fingerprint density at radius 1 is 1.07 bits per heavy atom. The summed E-state index contributed by atoms with van der Waals surface area (Å²) in [4.78, 5) is 0. The zero-order valence-corrected chi connectivity index (χ0v) is 8.46. The molecule has 0 bridgehead atoms. The summed E-state index contributed by atoms with van der Waals surface area (Å²) < 4.78 is 0. The van der Waals surface area contributed by atoms with Gasteiger partial charge in [0.2, 0.25) is 0 Å². The maximum absolute atomic E-state index is 3.38. The second-order valence-electron chi connectivity index (χ2n) is 3.63. The monoisotopic (exact) mass is 185 g/mol. The van der Waals surface area contributed by atoms with Crippen LogP contribution in [0, 0.1) is 6.92 Å². The van der Waals surface area contributed by atoms with E-state index in [1.165, 1.54) is 17.7 Å². The number of rotatable bonds is 2. The van der Waals surface area contributed by atoms with Crippen molar-refractivity contribution in [2.24, 2.45) is 0 Å². The van der Waals surface area contributed by atoms with Crippen LogP contribution in [0.4, 0.5) is 5.69 Å². The third-order valence-electron chi connectivity index (χ3n) is 2.34. The number of nitrogens with one attached hydrogen (secondary N) is 1. The van der Waals surface area contributed by atoms with Gasteiger partial charge in [-0.15, -0.1) is 0 Å². The Morgan fingerprint density at radius 2 is 1.86 bits per heavy atom. The van der Waals surface area contributed by atoms with Crippen molar-refractivity contribution in [1.82, 2.24) is 0 Å². The van der Waals surface area contributed by atoms with Crippen molar-refractivity contribution in [3.8, 4) is 0 Å². The summed E-state index contributed by atoms with van der Waals surface area (Å²) in [5, 5.41) is 3.38. The lowest BCUT2D eigenvalue weighted by atomic mass is 10.1. The quantitative estimate of drug-likeness (QED) is 0.741. The number of hydrogen-bond donors (Lipinski definition) is 1. The second kappa shape index (κ2) is 4.14. The van der Waals surface area contributed by atoms with E-state index in [0.717, 1.165) is 12.1 Å². The molecule has 0 heterocycles. The minimum atomic E-state index is 1.14. The van der Waals surface area contributed by atoms with E-state index in [4.69, 9.17) is 0 Å². The molecule has 1 heteroatoms. The molecule has 0 fully saturated rings. The first-order valence-electron chi connectivity index (χ1n) is 5.05. The Labute approximate surface area is 85.2 Å². The first kappa shape index (κ1) is 9.07. The molecule has 0 saturated heterocycles. The molecule has 0 atom stereocenters. The van der Waals surface area contributed by atoms with Crippen LogP contribution in [-0.2, 0) is 0 Å². The van der Waals surface area contributed by atoms with Crippen molar-refractivity contribution in [1.29, 1.82) is 0 Å². The van der Waals surface area contributed by atoms with Gasteiger partial charge in [0.25, 0.3) is 0 Å². The fraction of sp³-hybridized carbons (Fsp3) is 0.231. The molecule has 0 aromatic heterocycles. The highest BCUT2D eigenvalue weighted by Crippen LogP contribution is 2.15. The van der Waals surface area contributed by atoms with Crippen LogP contribution in [0.15, 0.2) is 48.2 Å². The van der Waals surface area contributed by atoms with E-state index in [1.807, 2.05) is 0 Å². The normalized spacial score (nSPS) is 15.1. The van der Waals surface area contributed by atoms with Crippen molar-refractivity contribution in [2.45, 2.75) is 19.8 Å². The Balaban J connectivity index is 2.07. The predicted molar refractivity (Wildman–Crippen MR) is 61.3 cm³/mol. The van der Waals surface area contributed by atoms with Gasteiger partial charge in [0, 0.05) is 11.4 Å². The Hall–Kier alpha value is -1.50. The summed E-state index contributed by atoms with van der Waals surface area (Å²) in [6, 6.07) is 8.46. The molecule has 2 rings (SSSR count). The zero-order chi connectivity index (χ0) is 9.80. The van der Waals surface area contributed by atoms with Gasteiger partial charge < -0.3 is 5.32 Å². The Bertz CT molecular complexity index is 357. The molecule has 0 aliphatic heterocycles. The molecule has 0 amide bonds. The van der Waals surface area contributed by atoms with Crippen LogP contribution in [-0.4, -0.2) is 0 Å². The van der Waals surface area contributed by atoms with Crippen molar-refractivity contribution in [3.63, 3.8) is 0 Å². The standard InChI is InChI=1S/C13H15N/c1-11-7-9-13(10-8-11)14-12-5-3-2-4-6-12/h3,5-10,14H,2,4H2,1H3. The first-order chi connectivity index (χ1) is 6.84. The highest BCUT2D eigenvalue weighted by molar-refractivity contribution is 5.51. The molecule has 1 aliphatic rings. The summed E-state index contributed by atoms with van der Waals surface area (Å²) >= 11 is 0. The minimum absolute atomic E-state index is 1.14. The van der Waals surface area contributed by atoms with E-state index in [1.54, 1.807) is 0 Å². The molecule has 1 aromatic carbocycles. The van der Waals surface area contributed by atoms with Gasteiger partial charge in [-0.3, -0.25) is 0 Å². The van der Waals surface area contributed by atoms with Gasteiger partial charge in [0.15, 0.2) is 0 Å². The average molecular weight is 185 g/mol. The van der Waals surface area contributed by atoms with Gasteiger partial charge in [-0.25, -0.2) is 0 Å². The lowest BCUT2D eigenvalue weighted by molar-refractivity contribution is 1.02. The van der Waals surface area contributed by atoms with Crippen molar-refractivity contribution >= 4 is 5.69 Å². The van der Waals surface area contributed by atoms with Gasteiger partial charge in [-0.2, -0.15) is 0 Å². The molecular weight excluding hydrogens is 170 g/mol. The van der Waals surface area contributed by atoms with Crippen molar-refractivity contribution in [3.05, 3.63) is 53.8 Å². The highest BCUT2D eigenvalue weighted by atomic mass is 14.9. The summed E-state index contributed by atoms with van der Waals surface area (Å²) in [6.07, 6.45) is 8.89. The van der Waals surface area contributed by atoms with Crippen LogP contribution in [0.3, 0.4) is 0 Å². The van der Waals surface area contributed by atoms with E-state index in [9.17, 15) is 0 Å². The fourth-order valence-corrected chi connectivity index (χ4v) is 1.51. The van der Waals surface area contributed by atoms with Gasteiger partial charge >= 0.3 is 0 Å². The maximum Gasteiger partial charge on any atom is 0.0384 e. The van der Waals surface area contributed by atoms with E-state index < -0.39 is 0 Å². The first-order valence-corrected chi connectivity index (χ1v) is 5.05. The summed E-state index contributed by atoms with van der Waals surface area (Å²) in [7, 11) is 0. The maximum atomic E-state index is 3.38. The molecular formula is C13H15N. The molecule has 1 aromatic rings. The van der Waals surface area contributed by atoms with E-state index in [-0.39, 0.29) is 0 Å². The Kier molecular flexibility index (Phi) is 2.68. The van der Waals surface area contributed by atoms with Crippen molar-refractivity contribution < 1.29 is 0 Å². The third kappa shape index (κ3) is 2.25. The Morgan fingerprint density at radius 3 is 2.50 bits per heavy atom. The average Bonchev–Trinajstić information content (AvgIpc) is 2.23. The van der Waals surface area contributed by atoms with Crippen molar-refractivity contribution in [2.75, 3.05) is 5.32 Å². The molecule has 72 valence electrons. The van der Waals surface area contributed by atoms with E-state index in [0.29, 0.717) is 0 Å². The van der Waals surface area contributed by atoms with Gasteiger partial charge in [0.05, 0.1) is 0 Å². The van der Waals surface area contributed by atoms with Crippen LogP contribution < -0.4 is 5.32 Å². The predicted octanol–water partition coefficient (Wildman–Crippen LogP) is 3.64. The van der Waals surface area contributed by atoms with Crippen LogP contribution >= 0.6 is 0 Å². The largest absolute Gasteiger partial charge is 0.356 e. The molecule has 1 N–H and O–H groups in total. The van der Waals surface area contributed by atoms with E-state index >= 15 is 0 Å². The molecule has 0 saturated carbocycles. The highest BCUT2D eigenvalue weighted by Gasteiger charge is 1.97. The molecule has 0 radical (unpaired) electrons. The zero-order valence-electron chi connectivity index (χ0n) is 8.46. The molecule has 0 spiro atoms. The van der Waals surface area contributed by atoms with Gasteiger partial charge in [-0.05, 0) is 38.0 Å². The summed E-state index contributed by atoms with van der Waals surface area (Å²) in [5.74, 6) is 0. The topological polar surface area (TPSA) is 12.0 Å². The number of hydrogen-bond acceptors (Lipinski definition) is 1. The van der Waals surface area contributed by atoms with Crippen LogP contribution in [0.5, 0.6) is 0 Å². The number of anilines is 1. The lowest BCUT2D eigenvalue weighted by Crippen LogP contribution is -1.98. The molecule has 1 aliphatic carbocycles. The number of aryl methyl sites for hydroxylation is 1. The van der Waals surface area contributed by atoms with E-state index in [2.05, 4.69) is 54.7 Å². The van der Waals surface area contributed by atoms with Gasteiger partial charge in [0.1, 0.15) is 0 Å². The molecule has 14 heavy (non-hydrogen) atoms. The minimum Gasteiger partial charge on any atom is -0.356 e. The third-order valence-corrected chi connectivity index (χ3v) is 2.34. The number of benzene rings is 1. The number of allylic oxidation sites excluding steroid dienone is 3. The SMILES string of the molecule is Cc1ccc(NC2=CCCC=C2)cc1. The second-order valence-corrected chi connectivity index (χ2v) is 3.63. The lowest BCUT2D eigenvalue weighted by Gasteiger charge is -2.10. The smallest absolute Gasteiger partial charge is 0.0384 e. The van der Waals surface area contributed by atoms with Crippen LogP contribution in [0.1, 0.15) is 18.4 Å². The van der Waals surface area contributed by atoms with Crippen LogP contribution in [0.2, 0.25) is 0 Å². The molecule has 0 unspecified atom stereocenters. The van der Waals surface area contributed by atoms with Crippen LogP contribution in [0.25, 0.3) is 0 Å². The molecule has 1 nitrogen and oxygen atoms in total. The summed E-state index contributed by atoms with van der Waals surface area (Å²) in [6.45, 7) is 2.10. The van der Waals surface area contributed by atoms with Gasteiger partial charge in [-0.1, -0.05) is 29.8 Å². The fourth-order valence-electron chi connectivity index (χ4n) is 1.51.